The number of hydrogen-bond donors (Lipinski definition) is 2. The van der Waals surface area contributed by atoms with Crippen LogP contribution in [0, 0.1) is 13.8 Å². The number of nitrogens with zero attached hydrogens (tertiary/aromatic N) is 4. The number of aryl methyl sites for hydroxylation is 1. The molecule has 0 atom stereocenters. The summed E-state index contributed by atoms with van der Waals surface area (Å²) in [6, 6.07) is 15.0. The quantitative estimate of drug-likeness (QED) is 0.382. The summed E-state index contributed by atoms with van der Waals surface area (Å²) in [7, 11) is 1.58. The van der Waals surface area contributed by atoms with Crippen LogP contribution in [0.15, 0.2) is 53.7 Å². The van der Waals surface area contributed by atoms with Crippen LogP contribution in [0.3, 0.4) is 0 Å². The zero-order chi connectivity index (χ0) is 22.7. The normalized spacial score (nSPS) is 10.9. The van der Waals surface area contributed by atoms with Crippen LogP contribution in [-0.4, -0.2) is 43.7 Å². The SMILES string of the molecule is COc1ccc(Cl)cc1-c1nc(SCC(=O)Nc2c(C)nn(-c3ccccc3)c2C)n[nH]1. The van der Waals surface area contributed by atoms with Crippen molar-refractivity contribution in [2.45, 2.75) is 19.0 Å². The Morgan fingerprint density at radius 3 is 2.75 bits per heavy atom. The van der Waals surface area contributed by atoms with E-state index >= 15 is 0 Å². The van der Waals surface area contributed by atoms with Gasteiger partial charge in [0.25, 0.3) is 0 Å². The number of carbonyl (C=O) groups is 1. The van der Waals surface area contributed by atoms with Crippen molar-refractivity contribution in [3.8, 4) is 22.8 Å². The molecule has 0 radical (unpaired) electrons. The van der Waals surface area contributed by atoms with Gasteiger partial charge in [-0.15, -0.1) is 5.10 Å². The number of aromatic nitrogens is 5. The van der Waals surface area contributed by atoms with E-state index < -0.39 is 0 Å². The van der Waals surface area contributed by atoms with Crippen molar-refractivity contribution in [1.29, 1.82) is 0 Å². The number of nitrogens with one attached hydrogen (secondary N) is 2. The number of ether oxygens (including phenoxy) is 1. The molecule has 4 rings (SSSR count). The first-order chi connectivity index (χ1) is 15.5. The van der Waals surface area contributed by atoms with Gasteiger partial charge in [0.2, 0.25) is 11.1 Å². The van der Waals surface area contributed by atoms with Crippen molar-refractivity contribution in [2.75, 3.05) is 18.2 Å². The molecule has 164 valence electrons. The van der Waals surface area contributed by atoms with Crippen LogP contribution >= 0.6 is 23.4 Å². The Morgan fingerprint density at radius 1 is 1.22 bits per heavy atom. The van der Waals surface area contributed by atoms with Crippen LogP contribution in [0.25, 0.3) is 17.1 Å². The molecule has 2 N–H and O–H groups in total. The first-order valence-electron chi connectivity index (χ1n) is 9.77. The molecule has 0 saturated heterocycles. The highest BCUT2D eigenvalue weighted by molar-refractivity contribution is 7.99. The second kappa shape index (κ2) is 9.46. The number of methoxy groups -OCH3 is 1. The zero-order valence-electron chi connectivity index (χ0n) is 17.7. The maximum atomic E-state index is 12.6. The second-order valence-corrected chi connectivity index (χ2v) is 8.32. The molecule has 1 amide bonds. The van der Waals surface area contributed by atoms with E-state index in [1.165, 1.54) is 11.8 Å². The molecule has 4 aromatic rings. The Bertz CT molecular complexity index is 1250. The van der Waals surface area contributed by atoms with E-state index in [0.29, 0.717) is 33.0 Å². The van der Waals surface area contributed by atoms with Crippen molar-refractivity contribution >= 4 is 35.0 Å². The Morgan fingerprint density at radius 2 is 2.00 bits per heavy atom. The number of hydrogen-bond acceptors (Lipinski definition) is 6. The fourth-order valence-electron chi connectivity index (χ4n) is 3.25. The van der Waals surface area contributed by atoms with Crippen molar-refractivity contribution in [3.63, 3.8) is 0 Å². The monoisotopic (exact) mass is 468 g/mol. The predicted octanol–water partition coefficient (Wildman–Crippen LogP) is 4.67. The van der Waals surface area contributed by atoms with Crippen molar-refractivity contribution in [1.82, 2.24) is 25.0 Å². The molecule has 0 aliphatic heterocycles. The van der Waals surface area contributed by atoms with Crippen molar-refractivity contribution in [2.24, 2.45) is 0 Å². The highest BCUT2D eigenvalue weighted by Gasteiger charge is 2.17. The summed E-state index contributed by atoms with van der Waals surface area (Å²) < 4.78 is 7.18. The number of H-pyrrole nitrogens is 1. The first kappa shape index (κ1) is 21.9. The molecule has 2 aromatic carbocycles. The minimum absolute atomic E-state index is 0.152. The average molecular weight is 469 g/mol. The van der Waals surface area contributed by atoms with Gasteiger partial charge in [-0.2, -0.15) is 5.10 Å². The molecule has 0 aliphatic carbocycles. The molecule has 8 nitrogen and oxygen atoms in total. The lowest BCUT2D eigenvalue weighted by atomic mass is 10.2. The Kier molecular flexibility index (Phi) is 6.48. The fourth-order valence-corrected chi connectivity index (χ4v) is 4.02. The van der Waals surface area contributed by atoms with E-state index in [2.05, 4.69) is 25.6 Å². The van der Waals surface area contributed by atoms with E-state index in [1.807, 2.05) is 48.9 Å². The third-order valence-electron chi connectivity index (χ3n) is 4.77. The van der Waals surface area contributed by atoms with Crippen LogP contribution in [0.1, 0.15) is 11.4 Å². The first-order valence-corrected chi connectivity index (χ1v) is 11.1. The van der Waals surface area contributed by atoms with Gasteiger partial charge in [-0.3, -0.25) is 9.89 Å². The second-order valence-electron chi connectivity index (χ2n) is 6.94. The van der Waals surface area contributed by atoms with Crippen molar-refractivity contribution < 1.29 is 9.53 Å². The summed E-state index contributed by atoms with van der Waals surface area (Å²) in [5.74, 6) is 1.13. The largest absolute Gasteiger partial charge is 0.496 e. The summed E-state index contributed by atoms with van der Waals surface area (Å²) >= 11 is 7.32. The van der Waals surface area contributed by atoms with Crippen molar-refractivity contribution in [3.05, 3.63) is 64.9 Å². The van der Waals surface area contributed by atoms with E-state index in [9.17, 15) is 4.79 Å². The van der Waals surface area contributed by atoms with Gasteiger partial charge in [-0.25, -0.2) is 9.67 Å². The molecule has 0 fully saturated rings. The van der Waals surface area contributed by atoms with Crippen LogP contribution in [0.4, 0.5) is 5.69 Å². The molecule has 0 spiro atoms. The van der Waals surface area contributed by atoms with Gasteiger partial charge in [0, 0.05) is 5.02 Å². The van der Waals surface area contributed by atoms with Crippen LogP contribution in [0.5, 0.6) is 5.75 Å². The highest BCUT2D eigenvalue weighted by atomic mass is 35.5. The van der Waals surface area contributed by atoms with Gasteiger partial charge >= 0.3 is 0 Å². The Balaban J connectivity index is 1.43. The smallest absolute Gasteiger partial charge is 0.234 e. The van der Waals surface area contributed by atoms with E-state index in [-0.39, 0.29) is 11.7 Å². The number of thioether (sulfide) groups is 1. The van der Waals surface area contributed by atoms with E-state index in [0.717, 1.165) is 17.1 Å². The summed E-state index contributed by atoms with van der Waals surface area (Å²) in [5, 5.41) is 15.6. The van der Waals surface area contributed by atoms with Gasteiger partial charge < -0.3 is 10.1 Å². The lowest BCUT2D eigenvalue weighted by Crippen LogP contribution is -2.15. The lowest BCUT2D eigenvalue weighted by Gasteiger charge is -2.06. The van der Waals surface area contributed by atoms with Crippen LogP contribution in [-0.2, 0) is 4.79 Å². The minimum atomic E-state index is -0.166. The summed E-state index contributed by atoms with van der Waals surface area (Å²) in [6.45, 7) is 3.80. The standard InChI is InChI=1S/C22H21ClN6O2S/c1-13-20(14(2)29(28-13)16-7-5-4-6-8-16)24-19(30)12-32-22-25-21(26-27-22)17-11-15(23)9-10-18(17)31-3/h4-11H,12H2,1-3H3,(H,24,30)(H,25,26,27). The fraction of sp³-hybridized carbons (Fsp3) is 0.182. The number of carbonyl (C=O) groups excluding carboxylic acids is 1. The Labute approximate surface area is 194 Å². The lowest BCUT2D eigenvalue weighted by molar-refractivity contribution is -0.113. The summed E-state index contributed by atoms with van der Waals surface area (Å²) in [4.78, 5) is 17.0. The number of benzene rings is 2. The maximum absolute atomic E-state index is 12.6. The maximum Gasteiger partial charge on any atom is 0.234 e. The molecule has 32 heavy (non-hydrogen) atoms. The number of amides is 1. The Hall–Kier alpha value is -3.30. The number of anilines is 1. The highest BCUT2D eigenvalue weighted by Crippen LogP contribution is 2.31. The predicted molar refractivity (Wildman–Crippen MR) is 126 cm³/mol. The number of rotatable bonds is 7. The van der Waals surface area contributed by atoms with E-state index in [1.54, 1.807) is 25.3 Å². The molecular weight excluding hydrogens is 448 g/mol. The third kappa shape index (κ3) is 4.63. The zero-order valence-corrected chi connectivity index (χ0v) is 19.3. The van der Waals surface area contributed by atoms with Gasteiger partial charge in [0.1, 0.15) is 5.75 Å². The number of para-hydroxylation sites is 1. The molecule has 0 unspecified atom stereocenters. The van der Waals surface area contributed by atoms with Gasteiger partial charge in [0.05, 0.1) is 41.2 Å². The van der Waals surface area contributed by atoms with Crippen LogP contribution in [0.2, 0.25) is 5.02 Å². The van der Waals surface area contributed by atoms with Gasteiger partial charge in [0.15, 0.2) is 5.82 Å². The summed E-state index contributed by atoms with van der Waals surface area (Å²) in [5.41, 5.74) is 3.95. The molecule has 0 aliphatic rings. The number of aromatic amines is 1. The van der Waals surface area contributed by atoms with Gasteiger partial charge in [-0.1, -0.05) is 41.6 Å². The molecule has 0 saturated carbocycles. The van der Waals surface area contributed by atoms with E-state index in [4.69, 9.17) is 16.3 Å². The molecule has 10 heteroatoms. The molecule has 0 bridgehead atoms. The molecular formula is C22H21ClN6O2S. The van der Waals surface area contributed by atoms with Gasteiger partial charge in [-0.05, 0) is 44.2 Å². The van der Waals surface area contributed by atoms with Crippen LogP contribution < -0.4 is 10.1 Å². The molecule has 2 heterocycles. The minimum Gasteiger partial charge on any atom is -0.496 e. The third-order valence-corrected chi connectivity index (χ3v) is 5.85. The average Bonchev–Trinajstić information content (AvgIpc) is 3.38. The number of halogens is 1. The molecule has 2 aromatic heterocycles. The topological polar surface area (TPSA) is 97.7 Å². The summed E-state index contributed by atoms with van der Waals surface area (Å²) in [6.07, 6.45) is 0.